The third-order valence-electron chi connectivity index (χ3n) is 1.75. The number of ether oxygens (including phenoxy) is 1. The first-order valence-electron chi connectivity index (χ1n) is 4.24. The van der Waals surface area contributed by atoms with Crippen LogP contribution in [0.4, 0.5) is 0 Å². The zero-order valence-corrected chi connectivity index (χ0v) is 9.24. The Morgan fingerprint density at radius 3 is 2.62 bits per heavy atom. The summed E-state index contributed by atoms with van der Waals surface area (Å²) >= 11 is 11.8. The van der Waals surface area contributed by atoms with Crippen molar-refractivity contribution in [1.82, 2.24) is 0 Å². The van der Waals surface area contributed by atoms with Crippen LogP contribution in [0.5, 0.6) is 5.75 Å². The smallest absolute Gasteiger partial charge is 0.123 e. The number of hydrogen-bond acceptors (Lipinski definition) is 1. The van der Waals surface area contributed by atoms with Crippen molar-refractivity contribution >= 4 is 23.2 Å². The minimum Gasteiger partial charge on any atom is -0.493 e. The summed E-state index contributed by atoms with van der Waals surface area (Å²) in [6, 6.07) is 3.60. The van der Waals surface area contributed by atoms with Crippen molar-refractivity contribution in [3.63, 3.8) is 0 Å². The van der Waals surface area contributed by atoms with E-state index in [1.165, 1.54) is 0 Å². The van der Waals surface area contributed by atoms with Crippen molar-refractivity contribution in [2.45, 2.75) is 20.3 Å². The molecule has 72 valence electrons. The van der Waals surface area contributed by atoms with Crippen molar-refractivity contribution in [2.75, 3.05) is 6.61 Å². The first-order chi connectivity index (χ1) is 6.16. The molecule has 0 aromatic heterocycles. The molecule has 1 nitrogen and oxygen atoms in total. The third kappa shape index (κ3) is 2.52. The van der Waals surface area contributed by atoms with Crippen LogP contribution in [0.25, 0.3) is 0 Å². The lowest BCUT2D eigenvalue weighted by atomic mass is 10.2. The molecule has 0 N–H and O–H groups in total. The number of halogens is 2. The molecule has 0 aliphatic heterocycles. The Kier molecular flexibility index (Phi) is 3.89. The predicted octanol–water partition coefficient (Wildman–Crippen LogP) is 4.09. The molecule has 0 saturated carbocycles. The summed E-state index contributed by atoms with van der Waals surface area (Å²) < 4.78 is 5.48. The minimum atomic E-state index is 0.572. The molecule has 0 aliphatic rings. The van der Waals surface area contributed by atoms with Crippen molar-refractivity contribution in [2.24, 2.45) is 0 Å². The van der Waals surface area contributed by atoms with Gasteiger partial charge in [0.05, 0.1) is 16.7 Å². The largest absolute Gasteiger partial charge is 0.493 e. The van der Waals surface area contributed by atoms with Gasteiger partial charge < -0.3 is 4.74 Å². The first kappa shape index (κ1) is 10.7. The van der Waals surface area contributed by atoms with Crippen LogP contribution in [0.1, 0.15) is 18.9 Å². The highest BCUT2D eigenvalue weighted by molar-refractivity contribution is 6.42. The Balaban J connectivity index is 2.90. The highest BCUT2D eigenvalue weighted by atomic mass is 35.5. The maximum atomic E-state index is 5.95. The summed E-state index contributed by atoms with van der Waals surface area (Å²) in [4.78, 5) is 0. The Hall–Kier alpha value is -0.400. The lowest BCUT2D eigenvalue weighted by Crippen LogP contribution is -1.97. The Bertz CT molecular complexity index is 297. The average molecular weight is 219 g/mol. The molecule has 0 atom stereocenters. The van der Waals surface area contributed by atoms with Crippen LogP contribution in [0, 0.1) is 6.92 Å². The van der Waals surface area contributed by atoms with Gasteiger partial charge in [-0.15, -0.1) is 0 Å². The van der Waals surface area contributed by atoms with Gasteiger partial charge in [0.2, 0.25) is 0 Å². The molecule has 0 saturated heterocycles. The highest BCUT2D eigenvalue weighted by Crippen LogP contribution is 2.31. The molecule has 0 radical (unpaired) electrons. The van der Waals surface area contributed by atoms with E-state index in [1.54, 1.807) is 6.07 Å². The van der Waals surface area contributed by atoms with E-state index >= 15 is 0 Å². The van der Waals surface area contributed by atoms with Crippen LogP contribution in [0.3, 0.4) is 0 Å². The summed E-state index contributed by atoms with van der Waals surface area (Å²) in [5, 5.41) is 1.15. The van der Waals surface area contributed by atoms with E-state index in [0.717, 1.165) is 17.7 Å². The second-order valence-corrected chi connectivity index (χ2v) is 3.62. The van der Waals surface area contributed by atoms with Crippen LogP contribution < -0.4 is 4.74 Å². The molecule has 0 heterocycles. The van der Waals surface area contributed by atoms with Gasteiger partial charge in [0.25, 0.3) is 0 Å². The minimum absolute atomic E-state index is 0.572. The molecule has 1 aromatic carbocycles. The molecule has 1 aromatic rings. The quantitative estimate of drug-likeness (QED) is 0.743. The van der Waals surface area contributed by atoms with Gasteiger partial charge in [-0.05, 0) is 25.5 Å². The molecule has 0 unspecified atom stereocenters. The van der Waals surface area contributed by atoms with Gasteiger partial charge in [0.15, 0.2) is 0 Å². The van der Waals surface area contributed by atoms with Gasteiger partial charge in [-0.2, -0.15) is 0 Å². The fraction of sp³-hybridized carbons (Fsp3) is 0.400. The second kappa shape index (κ2) is 4.73. The van der Waals surface area contributed by atoms with E-state index in [4.69, 9.17) is 27.9 Å². The molecule has 1 rings (SSSR count). The first-order valence-corrected chi connectivity index (χ1v) is 4.99. The summed E-state index contributed by atoms with van der Waals surface area (Å²) in [5.74, 6) is 0.816. The van der Waals surface area contributed by atoms with E-state index in [2.05, 4.69) is 6.92 Å². The molecular weight excluding hydrogens is 207 g/mol. The van der Waals surface area contributed by atoms with Gasteiger partial charge in [-0.3, -0.25) is 0 Å². The van der Waals surface area contributed by atoms with E-state index in [1.807, 2.05) is 13.0 Å². The van der Waals surface area contributed by atoms with E-state index < -0.39 is 0 Å². The van der Waals surface area contributed by atoms with Gasteiger partial charge in [0.1, 0.15) is 5.75 Å². The third-order valence-corrected chi connectivity index (χ3v) is 2.65. The highest BCUT2D eigenvalue weighted by Gasteiger charge is 2.06. The lowest BCUT2D eigenvalue weighted by Gasteiger charge is -2.09. The van der Waals surface area contributed by atoms with Crippen molar-refractivity contribution < 1.29 is 4.74 Å². The average Bonchev–Trinajstić information content (AvgIpc) is 2.13. The molecule has 0 aliphatic carbocycles. The van der Waals surface area contributed by atoms with Crippen LogP contribution >= 0.6 is 23.2 Å². The zero-order valence-electron chi connectivity index (χ0n) is 7.73. The molecular formula is C10H12Cl2O. The van der Waals surface area contributed by atoms with Crippen LogP contribution in [-0.2, 0) is 0 Å². The van der Waals surface area contributed by atoms with Crippen molar-refractivity contribution in [3.8, 4) is 5.75 Å². The number of rotatable bonds is 3. The lowest BCUT2D eigenvalue weighted by molar-refractivity contribution is 0.315. The fourth-order valence-electron chi connectivity index (χ4n) is 1.00. The van der Waals surface area contributed by atoms with Crippen LogP contribution in [0.2, 0.25) is 10.0 Å². The monoisotopic (exact) mass is 218 g/mol. The summed E-state index contributed by atoms with van der Waals surface area (Å²) in [6.07, 6.45) is 0.986. The SMILES string of the molecule is CCCOc1ccc(Cl)c(Cl)c1C. The van der Waals surface area contributed by atoms with Gasteiger partial charge in [0, 0.05) is 5.56 Å². The number of benzene rings is 1. The molecule has 13 heavy (non-hydrogen) atoms. The van der Waals surface area contributed by atoms with Gasteiger partial charge in [-0.25, -0.2) is 0 Å². The van der Waals surface area contributed by atoms with Gasteiger partial charge >= 0.3 is 0 Å². The summed E-state index contributed by atoms with van der Waals surface area (Å²) in [6.45, 7) is 4.67. The van der Waals surface area contributed by atoms with E-state index in [-0.39, 0.29) is 0 Å². The maximum absolute atomic E-state index is 5.95. The molecule has 0 amide bonds. The molecule has 0 spiro atoms. The summed E-state index contributed by atoms with van der Waals surface area (Å²) in [5.41, 5.74) is 0.905. The Morgan fingerprint density at radius 1 is 1.31 bits per heavy atom. The Morgan fingerprint density at radius 2 is 2.00 bits per heavy atom. The van der Waals surface area contributed by atoms with Crippen LogP contribution in [-0.4, -0.2) is 6.61 Å². The number of hydrogen-bond donors (Lipinski definition) is 0. The van der Waals surface area contributed by atoms with Crippen LogP contribution in [0.15, 0.2) is 12.1 Å². The van der Waals surface area contributed by atoms with Crippen molar-refractivity contribution in [3.05, 3.63) is 27.7 Å². The molecule has 0 fully saturated rings. The van der Waals surface area contributed by atoms with E-state index in [0.29, 0.717) is 16.7 Å². The zero-order chi connectivity index (χ0) is 9.84. The second-order valence-electron chi connectivity index (χ2n) is 2.83. The normalized spacial score (nSPS) is 10.2. The Labute approximate surface area is 88.6 Å². The molecule has 3 heteroatoms. The summed E-state index contributed by atoms with van der Waals surface area (Å²) in [7, 11) is 0. The van der Waals surface area contributed by atoms with E-state index in [9.17, 15) is 0 Å². The van der Waals surface area contributed by atoms with Crippen molar-refractivity contribution in [1.29, 1.82) is 0 Å². The van der Waals surface area contributed by atoms with Gasteiger partial charge in [-0.1, -0.05) is 30.1 Å². The predicted molar refractivity (Wildman–Crippen MR) is 57.0 cm³/mol. The maximum Gasteiger partial charge on any atom is 0.123 e. The topological polar surface area (TPSA) is 9.23 Å². The molecule has 0 bridgehead atoms. The fourth-order valence-corrected chi connectivity index (χ4v) is 1.36. The standard InChI is InChI=1S/C10H12Cl2O/c1-3-6-13-9-5-4-8(11)10(12)7(9)2/h4-5H,3,6H2,1-2H3.